The fraction of sp³-hybridized carbons (Fsp3) is 0.219. The molecule has 0 saturated carbocycles. The van der Waals surface area contributed by atoms with E-state index < -0.39 is 17.7 Å². The molecule has 9 nitrogen and oxygen atoms in total. The van der Waals surface area contributed by atoms with Gasteiger partial charge in [0, 0.05) is 29.1 Å². The molecule has 216 valence electrons. The summed E-state index contributed by atoms with van der Waals surface area (Å²) in [6, 6.07) is 20.9. The molecule has 0 radical (unpaired) electrons. The van der Waals surface area contributed by atoms with E-state index in [1.54, 1.807) is 60.5 Å². The normalized spacial score (nSPS) is 13.5. The van der Waals surface area contributed by atoms with Gasteiger partial charge in [-0.25, -0.2) is 9.59 Å². The Balaban J connectivity index is 1.51. The molecule has 5 rings (SSSR count). The highest BCUT2D eigenvalue weighted by Crippen LogP contribution is 2.45. The molecule has 0 saturated heterocycles. The van der Waals surface area contributed by atoms with Crippen LogP contribution in [0.3, 0.4) is 0 Å². The number of thiophene rings is 1. The van der Waals surface area contributed by atoms with Crippen LogP contribution in [0.15, 0.2) is 72.8 Å². The Morgan fingerprint density at radius 3 is 2.33 bits per heavy atom. The molecule has 42 heavy (non-hydrogen) atoms. The molecule has 4 aromatic rings. The fourth-order valence-electron chi connectivity index (χ4n) is 4.84. The summed E-state index contributed by atoms with van der Waals surface area (Å²) in [5.41, 5.74) is 2.44. The quantitative estimate of drug-likeness (QED) is 0.186. The Hall–Kier alpha value is -4.83. The van der Waals surface area contributed by atoms with E-state index in [0.29, 0.717) is 38.8 Å². The second kappa shape index (κ2) is 11.6. The molecule has 1 aliphatic rings. The first-order valence-corrected chi connectivity index (χ1v) is 14.0. The van der Waals surface area contributed by atoms with Gasteiger partial charge in [-0.3, -0.25) is 4.79 Å². The van der Waals surface area contributed by atoms with Gasteiger partial charge in [-0.05, 0) is 68.8 Å². The van der Waals surface area contributed by atoms with Gasteiger partial charge >= 0.3 is 12.1 Å². The molecule has 0 spiro atoms. The Morgan fingerprint density at radius 1 is 0.929 bits per heavy atom. The smallest absolute Gasteiger partial charge is 0.496 e. The standard InChI is InChI=1S/C32H30N2O7S/c1-19-11-16-27(42-19)29(35)39-18-24-22(14-15-25-28(24)34(4)30(36)32(2,3)33-25)23-13-12-21(17-26(23)38-5)41-31(37)40-20-9-7-6-8-10-20/h6-17,33H,18H2,1-5H3. The summed E-state index contributed by atoms with van der Waals surface area (Å²) in [5.74, 6) is 0.377. The van der Waals surface area contributed by atoms with Gasteiger partial charge < -0.3 is 29.2 Å². The Bertz CT molecular complexity index is 1660. The summed E-state index contributed by atoms with van der Waals surface area (Å²) >= 11 is 1.35. The number of esters is 1. The lowest BCUT2D eigenvalue weighted by Crippen LogP contribution is -2.52. The van der Waals surface area contributed by atoms with E-state index in [4.69, 9.17) is 18.9 Å². The minimum atomic E-state index is -0.893. The van der Waals surface area contributed by atoms with E-state index in [2.05, 4.69) is 5.32 Å². The number of carbonyl (C=O) groups excluding carboxylic acids is 3. The molecule has 0 fully saturated rings. The monoisotopic (exact) mass is 586 g/mol. The first-order chi connectivity index (χ1) is 20.1. The number of carbonyl (C=O) groups is 3. The second-order valence-electron chi connectivity index (χ2n) is 10.2. The maximum Gasteiger partial charge on any atom is 0.519 e. The first kappa shape index (κ1) is 28.7. The number of hydrogen-bond donors (Lipinski definition) is 1. The van der Waals surface area contributed by atoms with Crippen LogP contribution in [0.5, 0.6) is 17.2 Å². The molecule has 0 unspecified atom stereocenters. The highest BCUT2D eigenvalue weighted by Gasteiger charge is 2.39. The number of anilines is 2. The zero-order valence-corrected chi connectivity index (χ0v) is 24.7. The third-order valence-corrected chi connectivity index (χ3v) is 7.78. The number of nitrogens with zero attached hydrogens (tertiary/aromatic N) is 1. The number of amides is 1. The predicted molar refractivity (Wildman–Crippen MR) is 161 cm³/mol. The van der Waals surface area contributed by atoms with Crippen LogP contribution in [0.25, 0.3) is 11.1 Å². The molecule has 0 aliphatic carbocycles. The van der Waals surface area contributed by atoms with Crippen LogP contribution < -0.4 is 24.4 Å². The minimum absolute atomic E-state index is 0.0984. The highest BCUT2D eigenvalue weighted by molar-refractivity contribution is 7.13. The zero-order chi connectivity index (χ0) is 30.0. The summed E-state index contributed by atoms with van der Waals surface area (Å²) < 4.78 is 22.1. The van der Waals surface area contributed by atoms with Crippen molar-refractivity contribution in [3.05, 3.63) is 88.1 Å². The number of fused-ring (bicyclic) bond motifs is 1. The first-order valence-electron chi connectivity index (χ1n) is 13.2. The lowest BCUT2D eigenvalue weighted by Gasteiger charge is -2.39. The van der Waals surface area contributed by atoms with Gasteiger partial charge in [0.05, 0.1) is 18.5 Å². The molecule has 1 aliphatic heterocycles. The van der Waals surface area contributed by atoms with Crippen molar-refractivity contribution in [3.63, 3.8) is 0 Å². The number of hydrogen-bond acceptors (Lipinski definition) is 9. The third-order valence-electron chi connectivity index (χ3n) is 6.80. The number of ether oxygens (including phenoxy) is 4. The number of likely N-dealkylation sites (N-methyl/N-ethyl adjacent to an activating group) is 1. The van der Waals surface area contributed by atoms with E-state index in [0.717, 1.165) is 10.6 Å². The molecule has 1 N–H and O–H groups in total. The van der Waals surface area contributed by atoms with Crippen molar-refractivity contribution in [3.8, 4) is 28.4 Å². The van der Waals surface area contributed by atoms with Crippen molar-refractivity contribution in [2.24, 2.45) is 0 Å². The largest absolute Gasteiger partial charge is 0.519 e. The minimum Gasteiger partial charge on any atom is -0.496 e. The number of methoxy groups -OCH3 is 1. The lowest BCUT2D eigenvalue weighted by molar-refractivity contribution is -0.121. The van der Waals surface area contributed by atoms with E-state index in [-0.39, 0.29) is 18.3 Å². The predicted octanol–water partition coefficient (Wildman–Crippen LogP) is 6.83. The van der Waals surface area contributed by atoms with Crippen LogP contribution in [-0.2, 0) is 16.1 Å². The van der Waals surface area contributed by atoms with Crippen molar-refractivity contribution in [2.45, 2.75) is 32.9 Å². The highest BCUT2D eigenvalue weighted by atomic mass is 32.1. The van der Waals surface area contributed by atoms with Crippen LogP contribution in [-0.4, -0.2) is 37.7 Å². The molecule has 0 atom stereocenters. The SMILES string of the molecule is COc1cc(OC(=O)Oc2ccccc2)ccc1-c1ccc2c(c1COC(=O)c1ccc(C)s1)N(C)C(=O)C(C)(C)N2. The van der Waals surface area contributed by atoms with E-state index in [1.807, 2.05) is 45.0 Å². The molecule has 10 heteroatoms. The molecule has 1 amide bonds. The summed E-state index contributed by atoms with van der Waals surface area (Å²) in [4.78, 5) is 41.6. The summed E-state index contributed by atoms with van der Waals surface area (Å²) in [6.07, 6.45) is -0.893. The number of rotatable bonds is 7. The van der Waals surface area contributed by atoms with Crippen LogP contribution >= 0.6 is 11.3 Å². The van der Waals surface area contributed by atoms with Crippen LogP contribution in [0.4, 0.5) is 16.2 Å². The summed E-state index contributed by atoms with van der Waals surface area (Å²) in [5, 5.41) is 3.31. The van der Waals surface area contributed by atoms with E-state index >= 15 is 0 Å². The van der Waals surface area contributed by atoms with E-state index in [9.17, 15) is 14.4 Å². The van der Waals surface area contributed by atoms with Gasteiger partial charge in [-0.15, -0.1) is 11.3 Å². The maximum atomic E-state index is 13.2. The van der Waals surface area contributed by atoms with Crippen molar-refractivity contribution >= 4 is 40.7 Å². The number of para-hydroxylation sites is 1. The molecular weight excluding hydrogens is 556 g/mol. The van der Waals surface area contributed by atoms with Gasteiger partial charge in [0.2, 0.25) is 0 Å². The molecule has 1 aromatic heterocycles. The van der Waals surface area contributed by atoms with Gasteiger partial charge in [-0.1, -0.05) is 24.3 Å². The number of aryl methyl sites for hydroxylation is 1. The van der Waals surface area contributed by atoms with Gasteiger partial charge in [0.1, 0.15) is 34.3 Å². The number of benzene rings is 3. The topological polar surface area (TPSA) is 103 Å². The molecule has 0 bridgehead atoms. The van der Waals surface area contributed by atoms with Crippen molar-refractivity contribution < 1.29 is 33.3 Å². The van der Waals surface area contributed by atoms with E-state index in [1.165, 1.54) is 18.4 Å². The average Bonchev–Trinajstić information content (AvgIpc) is 3.41. The van der Waals surface area contributed by atoms with Crippen LogP contribution in [0.2, 0.25) is 0 Å². The van der Waals surface area contributed by atoms with Crippen molar-refractivity contribution in [1.29, 1.82) is 0 Å². The van der Waals surface area contributed by atoms with Gasteiger partial charge in [0.25, 0.3) is 5.91 Å². The van der Waals surface area contributed by atoms with Crippen molar-refractivity contribution in [1.82, 2.24) is 0 Å². The van der Waals surface area contributed by atoms with Crippen LogP contribution in [0.1, 0.15) is 34.0 Å². The van der Waals surface area contributed by atoms with Gasteiger partial charge in [-0.2, -0.15) is 0 Å². The molecule has 2 heterocycles. The fourth-order valence-corrected chi connectivity index (χ4v) is 5.60. The Morgan fingerprint density at radius 2 is 1.64 bits per heavy atom. The molecule has 3 aromatic carbocycles. The maximum absolute atomic E-state index is 13.2. The average molecular weight is 587 g/mol. The van der Waals surface area contributed by atoms with Crippen molar-refractivity contribution in [2.75, 3.05) is 24.4 Å². The number of nitrogens with one attached hydrogen (secondary N) is 1. The Labute approximate surface area is 247 Å². The van der Waals surface area contributed by atoms with Crippen LogP contribution in [0, 0.1) is 6.92 Å². The Kier molecular flexibility index (Phi) is 7.91. The lowest BCUT2D eigenvalue weighted by atomic mass is 9.92. The molecular formula is C32H30N2O7S. The summed E-state index contributed by atoms with van der Waals surface area (Å²) in [7, 11) is 3.20. The zero-order valence-electron chi connectivity index (χ0n) is 23.8. The summed E-state index contributed by atoms with van der Waals surface area (Å²) in [6.45, 7) is 5.44. The second-order valence-corrected chi connectivity index (χ2v) is 11.5. The van der Waals surface area contributed by atoms with Gasteiger partial charge in [0.15, 0.2) is 0 Å². The third kappa shape index (κ3) is 5.80.